The summed E-state index contributed by atoms with van der Waals surface area (Å²) in [6, 6.07) is 0. The van der Waals surface area contributed by atoms with Gasteiger partial charge in [0.15, 0.2) is 6.10 Å². The average Bonchev–Trinajstić information content (AvgIpc) is 3.16. The number of rotatable bonds is 40. The molecule has 0 aromatic carbocycles. The Hall–Kier alpha value is -2.22. The molecule has 0 aliphatic rings. The molecule has 0 fully saturated rings. The van der Waals surface area contributed by atoms with Crippen LogP contribution in [0, 0.1) is 0 Å². The Kier molecular flexibility index (Phi) is 40.2. The van der Waals surface area contributed by atoms with Gasteiger partial charge in [-0.3, -0.25) is 13.8 Å². The van der Waals surface area contributed by atoms with Crippen molar-refractivity contribution >= 4 is 13.8 Å². The first-order chi connectivity index (χ1) is 26.4. The molecule has 0 spiro atoms. The predicted molar refractivity (Wildman–Crippen MR) is 228 cm³/mol. The van der Waals surface area contributed by atoms with Crippen molar-refractivity contribution in [3.63, 3.8) is 0 Å². The smallest absolute Gasteiger partial charge is 0.472 e. The van der Waals surface area contributed by atoms with Crippen molar-refractivity contribution in [2.45, 2.75) is 180 Å². The van der Waals surface area contributed by atoms with Gasteiger partial charge in [-0.1, -0.05) is 171 Å². The fourth-order valence-corrected chi connectivity index (χ4v) is 6.30. The van der Waals surface area contributed by atoms with Gasteiger partial charge in [0.1, 0.15) is 6.61 Å². The van der Waals surface area contributed by atoms with Crippen LogP contribution in [0.4, 0.5) is 0 Å². The summed E-state index contributed by atoms with van der Waals surface area (Å²) in [6.07, 6.45) is 53.1. The summed E-state index contributed by atoms with van der Waals surface area (Å²) in [6.45, 7) is 4.12. The highest BCUT2D eigenvalue weighted by atomic mass is 31.2. The molecule has 54 heavy (non-hydrogen) atoms. The van der Waals surface area contributed by atoms with Gasteiger partial charge >= 0.3 is 13.8 Å². The van der Waals surface area contributed by atoms with Gasteiger partial charge in [0, 0.05) is 13.0 Å². The number of phosphoric acid groups is 1. The monoisotopic (exact) mass is 778 g/mol. The first-order valence-corrected chi connectivity index (χ1v) is 23.0. The molecule has 0 saturated heterocycles. The van der Waals surface area contributed by atoms with E-state index in [0.717, 1.165) is 38.5 Å². The van der Waals surface area contributed by atoms with Gasteiger partial charge in [0.05, 0.1) is 19.5 Å². The zero-order valence-corrected chi connectivity index (χ0v) is 35.3. The number of carbonyl (C=O) groups excluding carboxylic acids is 1. The van der Waals surface area contributed by atoms with E-state index in [9.17, 15) is 14.3 Å². The number of hydrogen-bond donors (Lipinski definition) is 2. The molecule has 3 N–H and O–H groups in total. The number of esters is 1. The fraction of sp³-hybridized carbons (Fsp3) is 0.711. The molecule has 9 heteroatoms. The normalized spacial score (nSPS) is 14.1. The lowest BCUT2D eigenvalue weighted by molar-refractivity contribution is -0.153. The lowest BCUT2D eigenvalue weighted by Gasteiger charge is -2.19. The van der Waals surface area contributed by atoms with Crippen LogP contribution in [-0.2, 0) is 27.9 Å². The Labute approximate surface area is 331 Å². The SMILES string of the molecule is CCCCC/C=C/C/C=C/C/C=C/C/C=C/C/C=C/CCC(=O)O[C@H](CO/C=C/CCCCCCCCCCCCCCCC)COP(=O)(O)OCCN. The van der Waals surface area contributed by atoms with Gasteiger partial charge < -0.3 is 20.1 Å². The Morgan fingerprint density at radius 2 is 1.00 bits per heavy atom. The molecule has 0 aliphatic heterocycles. The number of unbranched alkanes of at least 4 members (excludes halogenated alkanes) is 17. The fourth-order valence-electron chi connectivity index (χ4n) is 5.53. The molecule has 0 heterocycles. The van der Waals surface area contributed by atoms with E-state index in [-0.39, 0.29) is 32.8 Å². The number of allylic oxidation sites excluding steroid dienone is 11. The van der Waals surface area contributed by atoms with Gasteiger partial charge in [0.25, 0.3) is 0 Å². The molecular weight excluding hydrogens is 697 g/mol. The Morgan fingerprint density at radius 1 is 0.574 bits per heavy atom. The summed E-state index contributed by atoms with van der Waals surface area (Å²) in [4.78, 5) is 22.4. The maximum atomic E-state index is 12.5. The van der Waals surface area contributed by atoms with Crippen LogP contribution in [0.15, 0.2) is 73.1 Å². The van der Waals surface area contributed by atoms with Crippen LogP contribution in [0.2, 0.25) is 0 Å². The van der Waals surface area contributed by atoms with E-state index in [1.54, 1.807) is 6.26 Å². The minimum atomic E-state index is -4.31. The van der Waals surface area contributed by atoms with E-state index in [1.807, 2.05) is 18.2 Å². The molecule has 0 aromatic rings. The van der Waals surface area contributed by atoms with Gasteiger partial charge in [-0.25, -0.2) is 4.57 Å². The van der Waals surface area contributed by atoms with Crippen molar-refractivity contribution in [2.75, 3.05) is 26.4 Å². The molecular formula is C45H80NO7P. The molecule has 0 amide bonds. The Bertz CT molecular complexity index is 1050. The van der Waals surface area contributed by atoms with Crippen LogP contribution in [0.5, 0.6) is 0 Å². The van der Waals surface area contributed by atoms with E-state index in [2.05, 4.69) is 62.5 Å². The van der Waals surface area contributed by atoms with Crippen LogP contribution < -0.4 is 5.73 Å². The highest BCUT2D eigenvalue weighted by Gasteiger charge is 2.25. The van der Waals surface area contributed by atoms with Crippen molar-refractivity contribution in [3.05, 3.63) is 73.1 Å². The molecule has 8 nitrogen and oxygen atoms in total. The third kappa shape index (κ3) is 41.0. The van der Waals surface area contributed by atoms with Crippen molar-refractivity contribution in [1.29, 1.82) is 0 Å². The van der Waals surface area contributed by atoms with E-state index in [0.29, 0.717) is 6.42 Å². The molecule has 2 atom stereocenters. The second-order valence-corrected chi connectivity index (χ2v) is 15.4. The summed E-state index contributed by atoms with van der Waals surface area (Å²) >= 11 is 0. The summed E-state index contributed by atoms with van der Waals surface area (Å²) in [7, 11) is -4.31. The Balaban J connectivity index is 4.23. The van der Waals surface area contributed by atoms with E-state index in [4.69, 9.17) is 24.3 Å². The molecule has 0 aliphatic carbocycles. The lowest BCUT2D eigenvalue weighted by Crippen LogP contribution is -2.27. The zero-order chi connectivity index (χ0) is 39.5. The highest BCUT2D eigenvalue weighted by molar-refractivity contribution is 7.47. The van der Waals surface area contributed by atoms with Gasteiger partial charge in [0.2, 0.25) is 0 Å². The second kappa shape index (κ2) is 41.9. The minimum Gasteiger partial charge on any atom is -0.498 e. The Morgan fingerprint density at radius 3 is 1.52 bits per heavy atom. The third-order valence-electron chi connectivity index (χ3n) is 8.70. The van der Waals surface area contributed by atoms with Crippen molar-refractivity contribution < 1.29 is 32.8 Å². The summed E-state index contributed by atoms with van der Waals surface area (Å²) < 4.78 is 33.1. The second-order valence-electron chi connectivity index (χ2n) is 13.9. The third-order valence-corrected chi connectivity index (χ3v) is 9.69. The van der Waals surface area contributed by atoms with Gasteiger partial charge in [-0.2, -0.15) is 0 Å². The minimum absolute atomic E-state index is 0.000224. The summed E-state index contributed by atoms with van der Waals surface area (Å²) in [5.74, 6) is -0.434. The standard InChI is InChI=1S/C45H80NO7P/c1-3-5-7-9-11-13-15-17-19-21-22-23-24-26-28-30-32-34-36-38-45(47)53-44(43-52-54(48,49)51-41-39-46)42-50-40-37-35-33-31-29-27-25-20-18-16-14-12-10-8-6-4-2/h11,13,17,19,22-23,26,28,32,34,37,40,44H,3-10,12,14-16,18,20-21,24-25,27,29-31,33,35-36,38-39,41-43,46H2,1-2H3,(H,48,49)/b13-11+,19-17+,23-22+,28-26+,34-32+,40-37+/t44-/m1/s1. The van der Waals surface area contributed by atoms with Gasteiger partial charge in [-0.15, -0.1) is 0 Å². The van der Waals surface area contributed by atoms with Crippen LogP contribution in [0.3, 0.4) is 0 Å². The quantitative estimate of drug-likeness (QED) is 0.0208. The van der Waals surface area contributed by atoms with E-state index < -0.39 is 19.9 Å². The van der Waals surface area contributed by atoms with Crippen molar-refractivity contribution in [2.24, 2.45) is 5.73 Å². The summed E-state index contributed by atoms with van der Waals surface area (Å²) in [5, 5.41) is 0. The number of carbonyl (C=O) groups is 1. The maximum absolute atomic E-state index is 12.5. The van der Waals surface area contributed by atoms with Crippen molar-refractivity contribution in [3.8, 4) is 0 Å². The summed E-state index contributed by atoms with van der Waals surface area (Å²) in [5.41, 5.74) is 5.35. The molecule has 1 unspecified atom stereocenters. The number of ether oxygens (including phenoxy) is 2. The number of hydrogen-bond acceptors (Lipinski definition) is 7. The van der Waals surface area contributed by atoms with Crippen LogP contribution in [-0.4, -0.2) is 43.3 Å². The highest BCUT2D eigenvalue weighted by Crippen LogP contribution is 2.43. The molecule has 312 valence electrons. The molecule has 0 radical (unpaired) electrons. The van der Waals surface area contributed by atoms with Crippen LogP contribution in [0.25, 0.3) is 0 Å². The predicted octanol–water partition coefficient (Wildman–Crippen LogP) is 13.1. The van der Waals surface area contributed by atoms with Crippen LogP contribution >= 0.6 is 7.82 Å². The maximum Gasteiger partial charge on any atom is 0.472 e. The number of nitrogens with two attached hydrogens (primary N) is 1. The van der Waals surface area contributed by atoms with Crippen molar-refractivity contribution in [1.82, 2.24) is 0 Å². The van der Waals surface area contributed by atoms with Crippen LogP contribution in [0.1, 0.15) is 174 Å². The first-order valence-electron chi connectivity index (χ1n) is 21.5. The largest absolute Gasteiger partial charge is 0.498 e. The topological polar surface area (TPSA) is 117 Å². The lowest BCUT2D eigenvalue weighted by atomic mass is 10.0. The average molecular weight is 778 g/mol. The first kappa shape index (κ1) is 51.8. The molecule has 0 saturated carbocycles. The van der Waals surface area contributed by atoms with Gasteiger partial charge in [-0.05, 0) is 63.9 Å². The molecule has 0 rings (SSSR count). The molecule has 0 bridgehead atoms. The van der Waals surface area contributed by atoms with E-state index >= 15 is 0 Å². The number of phosphoric ester groups is 1. The zero-order valence-electron chi connectivity index (χ0n) is 34.4. The molecule has 0 aromatic heterocycles. The van der Waals surface area contributed by atoms with E-state index in [1.165, 1.54) is 109 Å².